The Bertz CT molecular complexity index is 296. The molecule has 0 spiro atoms. The zero-order chi connectivity index (χ0) is 10.1. The summed E-state index contributed by atoms with van der Waals surface area (Å²) < 4.78 is 4.33. The molecule has 2 rings (SSSR count). The molecule has 0 aromatic carbocycles. The molecule has 0 radical (unpaired) electrons. The van der Waals surface area contributed by atoms with E-state index in [0.717, 1.165) is 14.1 Å². The maximum Gasteiger partial charge on any atom is 0.137 e. The van der Waals surface area contributed by atoms with Crippen molar-refractivity contribution < 1.29 is 0 Å². The van der Waals surface area contributed by atoms with E-state index in [1.54, 1.807) is 0 Å². The number of rotatable bonds is 1. The minimum atomic E-state index is 0.631. The highest BCUT2D eigenvalue weighted by Crippen LogP contribution is 2.32. The Morgan fingerprint density at radius 3 is 2.57 bits per heavy atom. The molecular formula is C10H14BrIN2. The fourth-order valence-corrected chi connectivity index (χ4v) is 2.72. The molecule has 0 aliphatic heterocycles. The predicted octanol–water partition coefficient (Wildman–Crippen LogP) is 4.00. The first kappa shape index (κ1) is 10.9. The topological polar surface area (TPSA) is 17.8 Å². The van der Waals surface area contributed by atoms with Gasteiger partial charge in [0.05, 0.1) is 10.5 Å². The van der Waals surface area contributed by atoms with E-state index < -0.39 is 0 Å². The highest BCUT2D eigenvalue weighted by molar-refractivity contribution is 14.1. The molecule has 2 nitrogen and oxygen atoms in total. The Morgan fingerprint density at radius 2 is 2.07 bits per heavy atom. The molecule has 0 bridgehead atoms. The average Bonchev–Trinajstić information content (AvgIpc) is 2.48. The van der Waals surface area contributed by atoms with Gasteiger partial charge in [-0.15, -0.1) is 0 Å². The summed E-state index contributed by atoms with van der Waals surface area (Å²) in [4.78, 5) is 0. The number of nitrogens with zero attached hydrogens (tertiary/aromatic N) is 2. The minimum Gasteiger partial charge on any atom is -0.267 e. The molecule has 1 saturated carbocycles. The van der Waals surface area contributed by atoms with Crippen LogP contribution in [0, 0.1) is 9.62 Å². The second-order valence-electron chi connectivity index (χ2n) is 4.16. The van der Waals surface area contributed by atoms with Crippen LogP contribution in [-0.2, 0) is 0 Å². The maximum absolute atomic E-state index is 4.52. The van der Waals surface area contributed by atoms with Gasteiger partial charge in [-0.05, 0) is 70.1 Å². The highest BCUT2D eigenvalue weighted by atomic mass is 127. The van der Waals surface area contributed by atoms with E-state index in [9.17, 15) is 0 Å². The van der Waals surface area contributed by atoms with Crippen molar-refractivity contribution in [1.82, 2.24) is 9.78 Å². The normalized spacial score (nSPS) is 27.9. The van der Waals surface area contributed by atoms with Crippen molar-refractivity contribution in [1.29, 1.82) is 0 Å². The van der Waals surface area contributed by atoms with Crippen LogP contribution in [0.2, 0.25) is 0 Å². The molecule has 1 aromatic heterocycles. The molecule has 0 unspecified atom stereocenters. The van der Waals surface area contributed by atoms with Crippen molar-refractivity contribution in [2.24, 2.45) is 5.92 Å². The van der Waals surface area contributed by atoms with E-state index in [4.69, 9.17) is 0 Å². The summed E-state index contributed by atoms with van der Waals surface area (Å²) in [5.74, 6) is 0.907. The van der Waals surface area contributed by atoms with Crippen LogP contribution in [0.4, 0.5) is 0 Å². The second kappa shape index (κ2) is 4.51. The first-order chi connectivity index (χ1) is 6.66. The first-order valence-electron chi connectivity index (χ1n) is 5.07. The van der Waals surface area contributed by atoms with Crippen LogP contribution in [-0.4, -0.2) is 9.78 Å². The molecule has 0 saturated heterocycles. The molecule has 1 heterocycles. The molecule has 1 aromatic rings. The van der Waals surface area contributed by atoms with E-state index >= 15 is 0 Å². The maximum atomic E-state index is 4.52. The summed E-state index contributed by atoms with van der Waals surface area (Å²) in [5.41, 5.74) is 0. The summed E-state index contributed by atoms with van der Waals surface area (Å²) in [6.45, 7) is 2.35. The van der Waals surface area contributed by atoms with Gasteiger partial charge in [0.25, 0.3) is 0 Å². The Hall–Kier alpha value is 0.420. The van der Waals surface area contributed by atoms with Gasteiger partial charge in [-0.3, -0.25) is 4.68 Å². The van der Waals surface area contributed by atoms with Crippen LogP contribution in [0.3, 0.4) is 0 Å². The zero-order valence-corrected chi connectivity index (χ0v) is 12.0. The summed E-state index contributed by atoms with van der Waals surface area (Å²) in [5, 5.41) is 4.52. The fraction of sp³-hybridized carbons (Fsp3) is 0.700. The lowest BCUT2D eigenvalue weighted by molar-refractivity contribution is 0.273. The van der Waals surface area contributed by atoms with E-state index in [0.29, 0.717) is 6.04 Å². The molecule has 0 atom stereocenters. The smallest absolute Gasteiger partial charge is 0.137 e. The number of hydrogen-bond donors (Lipinski definition) is 0. The van der Waals surface area contributed by atoms with Crippen molar-refractivity contribution in [2.75, 3.05) is 0 Å². The first-order valence-corrected chi connectivity index (χ1v) is 6.94. The van der Waals surface area contributed by atoms with Crippen molar-refractivity contribution in [2.45, 2.75) is 38.6 Å². The van der Waals surface area contributed by atoms with E-state index in [-0.39, 0.29) is 0 Å². The minimum absolute atomic E-state index is 0.631. The van der Waals surface area contributed by atoms with Crippen molar-refractivity contribution in [3.63, 3.8) is 0 Å². The van der Waals surface area contributed by atoms with E-state index in [1.807, 2.05) is 0 Å². The lowest BCUT2D eigenvalue weighted by Gasteiger charge is -2.26. The average molecular weight is 369 g/mol. The van der Waals surface area contributed by atoms with Crippen molar-refractivity contribution >= 4 is 38.5 Å². The van der Waals surface area contributed by atoms with Gasteiger partial charge in [-0.25, -0.2) is 0 Å². The van der Waals surface area contributed by atoms with E-state index in [1.165, 1.54) is 25.7 Å². The van der Waals surface area contributed by atoms with Gasteiger partial charge in [-0.2, -0.15) is 5.10 Å². The number of aromatic nitrogens is 2. The summed E-state index contributed by atoms with van der Waals surface area (Å²) in [7, 11) is 0. The molecule has 14 heavy (non-hydrogen) atoms. The van der Waals surface area contributed by atoms with Gasteiger partial charge < -0.3 is 0 Å². The van der Waals surface area contributed by atoms with Gasteiger partial charge >= 0.3 is 0 Å². The Kier molecular flexibility index (Phi) is 3.52. The van der Waals surface area contributed by atoms with Crippen LogP contribution >= 0.6 is 38.5 Å². The van der Waals surface area contributed by atoms with Crippen molar-refractivity contribution in [3.05, 3.63) is 14.4 Å². The molecule has 1 aliphatic carbocycles. The third kappa shape index (κ3) is 2.32. The second-order valence-corrected chi connectivity index (χ2v) is 6.04. The third-order valence-corrected chi connectivity index (χ3v) is 5.12. The molecule has 1 fully saturated rings. The van der Waals surface area contributed by atoms with Gasteiger partial charge in [0, 0.05) is 6.20 Å². The van der Waals surface area contributed by atoms with Crippen molar-refractivity contribution in [3.8, 4) is 0 Å². The summed E-state index contributed by atoms with van der Waals surface area (Å²) in [6, 6.07) is 0.631. The van der Waals surface area contributed by atoms with Crippen LogP contribution in [0.1, 0.15) is 38.6 Å². The van der Waals surface area contributed by atoms with Gasteiger partial charge in [-0.1, -0.05) is 6.92 Å². The van der Waals surface area contributed by atoms with Crippen LogP contribution < -0.4 is 0 Å². The quantitative estimate of drug-likeness (QED) is 0.685. The summed E-state index contributed by atoms with van der Waals surface area (Å²) in [6.07, 6.45) is 7.37. The van der Waals surface area contributed by atoms with Crippen LogP contribution in [0.15, 0.2) is 10.7 Å². The lowest BCUT2D eigenvalue weighted by Crippen LogP contribution is -2.17. The Labute approximate surface area is 107 Å². The fourth-order valence-electron chi connectivity index (χ4n) is 2.04. The van der Waals surface area contributed by atoms with Crippen LogP contribution in [0.25, 0.3) is 0 Å². The molecule has 78 valence electrons. The number of halogens is 2. The molecule has 1 aliphatic rings. The summed E-state index contributed by atoms with van der Waals surface area (Å²) >= 11 is 5.77. The highest BCUT2D eigenvalue weighted by Gasteiger charge is 2.20. The van der Waals surface area contributed by atoms with Gasteiger partial charge in [0.1, 0.15) is 3.70 Å². The lowest BCUT2D eigenvalue weighted by atomic mass is 9.87. The van der Waals surface area contributed by atoms with Crippen LogP contribution in [0.5, 0.6) is 0 Å². The SMILES string of the molecule is CC1CCC(n2cc(Br)c(I)n2)CC1. The molecular weight excluding hydrogens is 355 g/mol. The van der Waals surface area contributed by atoms with Gasteiger partial charge in [0.15, 0.2) is 0 Å². The van der Waals surface area contributed by atoms with E-state index in [2.05, 4.69) is 61.4 Å². The predicted molar refractivity (Wildman–Crippen MR) is 69.3 cm³/mol. The van der Waals surface area contributed by atoms with Gasteiger partial charge in [0.2, 0.25) is 0 Å². The largest absolute Gasteiger partial charge is 0.267 e. The molecule has 0 N–H and O–H groups in total. The molecule has 0 amide bonds. The zero-order valence-electron chi connectivity index (χ0n) is 8.21. The molecule has 4 heteroatoms. The third-order valence-electron chi connectivity index (χ3n) is 3.01. The monoisotopic (exact) mass is 368 g/mol. The standard InChI is InChI=1S/C10H14BrIN2/c1-7-2-4-8(5-3-7)14-6-9(11)10(12)13-14/h6-8H,2-5H2,1H3. The Balaban J connectivity index is 2.08. The number of hydrogen-bond acceptors (Lipinski definition) is 1. The Morgan fingerprint density at radius 1 is 1.43 bits per heavy atom.